The van der Waals surface area contributed by atoms with E-state index in [4.69, 9.17) is 9.47 Å². The summed E-state index contributed by atoms with van der Waals surface area (Å²) in [6.45, 7) is 8.26. The number of pyridine rings is 1. The number of morpholine rings is 1. The molecule has 0 aliphatic carbocycles. The number of anilines is 1. The van der Waals surface area contributed by atoms with Crippen LogP contribution in [0.15, 0.2) is 23.2 Å². The van der Waals surface area contributed by atoms with Crippen LogP contribution in [-0.4, -0.2) is 107 Å². The highest BCUT2D eigenvalue weighted by molar-refractivity contribution is 7.89. The van der Waals surface area contributed by atoms with E-state index in [-0.39, 0.29) is 23.3 Å². The van der Waals surface area contributed by atoms with Crippen LogP contribution in [0.25, 0.3) is 0 Å². The van der Waals surface area contributed by atoms with E-state index >= 15 is 0 Å². The van der Waals surface area contributed by atoms with Crippen LogP contribution in [0, 0.1) is 5.92 Å². The third-order valence-electron chi connectivity index (χ3n) is 5.92. The molecule has 3 heterocycles. The van der Waals surface area contributed by atoms with Crippen LogP contribution in [0.5, 0.6) is 0 Å². The molecular weight excluding hydrogens is 462 g/mol. The average Bonchev–Trinajstić information content (AvgIpc) is 2.84. The normalized spacial score (nSPS) is 19.1. The Bertz CT molecular complexity index is 926. The molecule has 11 nitrogen and oxygen atoms in total. The number of rotatable bonds is 9. The Kier molecular flexibility index (Phi) is 9.23. The molecule has 0 spiro atoms. The Hall–Kier alpha value is -2.28. The number of ether oxygens (including phenoxy) is 2. The van der Waals surface area contributed by atoms with Crippen molar-refractivity contribution in [2.75, 3.05) is 71.0 Å². The van der Waals surface area contributed by atoms with E-state index < -0.39 is 22.0 Å². The molecule has 3 rings (SSSR count). The van der Waals surface area contributed by atoms with Crippen molar-refractivity contribution in [3.63, 3.8) is 0 Å². The number of methoxy groups -OCH3 is 1. The Balaban J connectivity index is 1.50. The number of piperazine rings is 1. The van der Waals surface area contributed by atoms with Gasteiger partial charge in [0.25, 0.3) is 0 Å². The van der Waals surface area contributed by atoms with Crippen LogP contribution in [0.3, 0.4) is 0 Å². The van der Waals surface area contributed by atoms with Crippen LogP contribution in [0.4, 0.5) is 5.82 Å². The summed E-state index contributed by atoms with van der Waals surface area (Å²) in [6, 6.07) is 2.67. The minimum Gasteiger partial charge on any atom is -0.467 e. The molecule has 1 unspecified atom stereocenters. The highest BCUT2D eigenvalue weighted by Gasteiger charge is 2.28. The summed E-state index contributed by atoms with van der Waals surface area (Å²) >= 11 is 0. The lowest BCUT2D eigenvalue weighted by molar-refractivity contribution is -0.145. The topological polar surface area (TPSA) is 121 Å². The van der Waals surface area contributed by atoms with E-state index in [1.165, 1.54) is 17.6 Å². The number of esters is 1. The summed E-state index contributed by atoms with van der Waals surface area (Å²) in [6.07, 6.45) is 1.93. The highest BCUT2D eigenvalue weighted by Crippen LogP contribution is 2.20. The zero-order valence-corrected chi connectivity index (χ0v) is 20.9. The lowest BCUT2D eigenvalue weighted by Gasteiger charge is -2.35. The molecule has 1 aromatic heterocycles. The van der Waals surface area contributed by atoms with Crippen LogP contribution < -0.4 is 10.2 Å². The Morgan fingerprint density at radius 3 is 2.35 bits per heavy atom. The van der Waals surface area contributed by atoms with Crippen LogP contribution in [0.1, 0.15) is 20.3 Å². The first-order valence-corrected chi connectivity index (χ1v) is 13.0. The zero-order chi connectivity index (χ0) is 24.7. The minimum atomic E-state index is -3.57. The quantitative estimate of drug-likeness (QED) is 0.467. The number of aromatic nitrogens is 1. The minimum absolute atomic E-state index is 0.176. The molecule has 2 aliphatic rings. The van der Waals surface area contributed by atoms with Gasteiger partial charge in [-0.2, -0.15) is 4.31 Å². The third kappa shape index (κ3) is 6.87. The summed E-state index contributed by atoms with van der Waals surface area (Å²) in [4.78, 5) is 33.1. The second-order valence-corrected chi connectivity index (χ2v) is 10.8. The highest BCUT2D eigenvalue weighted by atomic mass is 32.2. The fourth-order valence-electron chi connectivity index (χ4n) is 4.05. The molecule has 2 aliphatic heterocycles. The van der Waals surface area contributed by atoms with Crippen molar-refractivity contribution in [2.24, 2.45) is 5.92 Å². The van der Waals surface area contributed by atoms with Crippen molar-refractivity contribution < 1.29 is 27.5 Å². The first-order chi connectivity index (χ1) is 16.2. The molecule has 1 atom stereocenters. The number of amides is 1. The van der Waals surface area contributed by atoms with Gasteiger partial charge in [0.05, 0.1) is 26.9 Å². The van der Waals surface area contributed by atoms with Gasteiger partial charge in [-0.3, -0.25) is 9.69 Å². The summed E-state index contributed by atoms with van der Waals surface area (Å²) in [5.74, 6) is 0.306. The van der Waals surface area contributed by atoms with Crippen molar-refractivity contribution in [1.82, 2.24) is 19.5 Å². The summed E-state index contributed by atoms with van der Waals surface area (Å²) < 4.78 is 37.0. The van der Waals surface area contributed by atoms with Gasteiger partial charge >= 0.3 is 5.97 Å². The van der Waals surface area contributed by atoms with Gasteiger partial charge in [-0.05, 0) is 24.5 Å². The first kappa shape index (κ1) is 26.3. The van der Waals surface area contributed by atoms with Crippen molar-refractivity contribution in [1.29, 1.82) is 0 Å². The smallest absolute Gasteiger partial charge is 0.328 e. The van der Waals surface area contributed by atoms with Gasteiger partial charge < -0.3 is 19.7 Å². The van der Waals surface area contributed by atoms with Gasteiger partial charge in [0.2, 0.25) is 15.9 Å². The molecule has 1 amide bonds. The van der Waals surface area contributed by atoms with Gasteiger partial charge in [0, 0.05) is 45.5 Å². The Labute approximate surface area is 201 Å². The number of carbonyl (C=O) groups excluding carboxylic acids is 2. The maximum absolute atomic E-state index is 12.8. The van der Waals surface area contributed by atoms with Gasteiger partial charge in [0.15, 0.2) is 0 Å². The number of sulfonamides is 1. The lowest BCUT2D eigenvalue weighted by atomic mass is 10.0. The lowest BCUT2D eigenvalue weighted by Crippen LogP contribution is -2.52. The molecule has 2 fully saturated rings. The van der Waals surface area contributed by atoms with Crippen molar-refractivity contribution in [3.05, 3.63) is 18.3 Å². The van der Waals surface area contributed by atoms with E-state index in [9.17, 15) is 18.0 Å². The molecule has 1 aromatic rings. The summed E-state index contributed by atoms with van der Waals surface area (Å²) in [5, 5.41) is 2.79. The summed E-state index contributed by atoms with van der Waals surface area (Å²) in [5.41, 5.74) is 0. The third-order valence-corrected chi connectivity index (χ3v) is 7.80. The SMILES string of the molecule is COC(=O)C(CC(C)C)NC(=O)CN1CCN(c2ccc(S(=O)(=O)N3CCOCC3)cn2)CC1. The van der Waals surface area contributed by atoms with Crippen molar-refractivity contribution in [2.45, 2.75) is 31.2 Å². The number of carbonyl (C=O) groups is 2. The molecule has 0 saturated carbocycles. The van der Waals surface area contributed by atoms with Crippen LogP contribution in [-0.2, 0) is 29.1 Å². The molecule has 190 valence electrons. The maximum Gasteiger partial charge on any atom is 0.328 e. The number of hydrogen-bond donors (Lipinski definition) is 1. The predicted molar refractivity (Wildman–Crippen MR) is 126 cm³/mol. The van der Waals surface area contributed by atoms with Crippen molar-refractivity contribution in [3.8, 4) is 0 Å². The average molecular weight is 498 g/mol. The van der Waals surface area contributed by atoms with Crippen molar-refractivity contribution >= 4 is 27.7 Å². The van der Waals surface area contributed by atoms with E-state index in [0.717, 1.165) is 0 Å². The van der Waals surface area contributed by atoms with Gasteiger partial charge in [-0.15, -0.1) is 0 Å². The molecule has 0 bridgehead atoms. The van der Waals surface area contributed by atoms with Crippen LogP contribution >= 0.6 is 0 Å². The molecule has 0 radical (unpaired) electrons. The predicted octanol–water partition coefficient (Wildman–Crippen LogP) is -0.0716. The number of hydrogen-bond acceptors (Lipinski definition) is 9. The number of nitrogens with zero attached hydrogens (tertiary/aromatic N) is 4. The van der Waals surface area contributed by atoms with E-state index in [1.54, 1.807) is 12.1 Å². The van der Waals surface area contributed by atoms with Gasteiger partial charge in [0.1, 0.15) is 16.8 Å². The van der Waals surface area contributed by atoms with Gasteiger partial charge in [-0.25, -0.2) is 18.2 Å². The second kappa shape index (κ2) is 11.9. The van der Waals surface area contributed by atoms with E-state index in [0.29, 0.717) is 64.7 Å². The molecule has 34 heavy (non-hydrogen) atoms. The van der Waals surface area contributed by atoms with E-state index in [2.05, 4.69) is 15.2 Å². The van der Waals surface area contributed by atoms with E-state index in [1.807, 2.05) is 18.7 Å². The molecule has 2 saturated heterocycles. The zero-order valence-electron chi connectivity index (χ0n) is 20.1. The molecule has 12 heteroatoms. The molecular formula is C22H35N5O6S. The maximum atomic E-state index is 12.8. The standard InChI is InChI=1S/C22H35N5O6S/c1-17(2)14-19(22(29)32-3)24-21(28)16-25-6-8-26(9-7-25)20-5-4-18(15-23-20)34(30,31)27-10-12-33-13-11-27/h4-5,15,17,19H,6-14,16H2,1-3H3,(H,24,28). The molecule has 0 aromatic carbocycles. The fraction of sp³-hybridized carbons (Fsp3) is 0.682. The first-order valence-electron chi connectivity index (χ1n) is 11.6. The summed E-state index contributed by atoms with van der Waals surface area (Å²) in [7, 11) is -2.25. The second-order valence-electron chi connectivity index (χ2n) is 8.90. The largest absolute Gasteiger partial charge is 0.467 e. The van der Waals surface area contributed by atoms with Gasteiger partial charge in [-0.1, -0.05) is 13.8 Å². The number of nitrogens with one attached hydrogen (secondary N) is 1. The van der Waals surface area contributed by atoms with Crippen LogP contribution in [0.2, 0.25) is 0 Å². The Morgan fingerprint density at radius 2 is 1.79 bits per heavy atom. The Morgan fingerprint density at radius 1 is 1.12 bits per heavy atom. The monoisotopic (exact) mass is 497 g/mol. The fourth-order valence-corrected chi connectivity index (χ4v) is 5.41. The molecule has 1 N–H and O–H groups in total.